The van der Waals surface area contributed by atoms with E-state index in [1.807, 2.05) is 36.1 Å². The molecule has 0 aliphatic carbocycles. The zero-order valence-corrected chi connectivity index (χ0v) is 17.0. The second-order valence-corrected chi connectivity index (χ2v) is 7.90. The topological polar surface area (TPSA) is 61.9 Å². The van der Waals surface area contributed by atoms with Crippen LogP contribution in [0.3, 0.4) is 0 Å². The van der Waals surface area contributed by atoms with Crippen molar-refractivity contribution in [3.05, 3.63) is 59.9 Å². The maximum Gasteiger partial charge on any atom is 0.324 e. The van der Waals surface area contributed by atoms with Crippen molar-refractivity contribution in [3.63, 3.8) is 0 Å². The molecule has 0 radical (unpaired) electrons. The summed E-state index contributed by atoms with van der Waals surface area (Å²) in [6, 6.07) is 13.7. The molecule has 2 aliphatic heterocycles. The van der Waals surface area contributed by atoms with Crippen LogP contribution in [0.4, 0.5) is 14.9 Å². The van der Waals surface area contributed by atoms with Gasteiger partial charge in [-0.05, 0) is 49.6 Å². The zero-order chi connectivity index (χ0) is 21.1. The van der Waals surface area contributed by atoms with Gasteiger partial charge < -0.3 is 15.0 Å². The lowest BCUT2D eigenvalue weighted by atomic mass is 9.96. The first-order valence-electron chi connectivity index (χ1n) is 10.4. The summed E-state index contributed by atoms with van der Waals surface area (Å²) in [6.07, 6.45) is 1.15. The summed E-state index contributed by atoms with van der Waals surface area (Å²) in [5, 5.41) is 2.89. The number of nitrogens with zero attached hydrogens (tertiary/aromatic N) is 2. The number of amides is 3. The molecule has 2 aromatic rings. The number of anilines is 1. The normalized spacial score (nSPS) is 19.1. The summed E-state index contributed by atoms with van der Waals surface area (Å²) in [4.78, 5) is 29.2. The molecule has 2 aromatic carbocycles. The SMILES string of the molecule is C[C@@H]1CN(C(=O)N2CCC(C(=O)NCc3cccc(F)c3)CC2)c2ccccc2O1. The van der Waals surface area contributed by atoms with Gasteiger partial charge in [-0.1, -0.05) is 24.3 Å². The molecule has 1 saturated heterocycles. The van der Waals surface area contributed by atoms with Crippen molar-refractivity contribution in [1.29, 1.82) is 0 Å². The van der Waals surface area contributed by atoms with Crippen molar-refractivity contribution in [1.82, 2.24) is 10.2 Å². The Morgan fingerprint density at radius 3 is 2.67 bits per heavy atom. The number of nitrogens with one attached hydrogen (secondary N) is 1. The molecule has 7 heteroatoms. The molecule has 0 unspecified atom stereocenters. The fraction of sp³-hybridized carbons (Fsp3) is 0.391. The molecule has 0 aromatic heterocycles. The fourth-order valence-electron chi connectivity index (χ4n) is 4.05. The van der Waals surface area contributed by atoms with E-state index in [2.05, 4.69) is 5.32 Å². The van der Waals surface area contributed by atoms with E-state index in [0.29, 0.717) is 39.0 Å². The number of hydrogen-bond acceptors (Lipinski definition) is 3. The van der Waals surface area contributed by atoms with E-state index in [9.17, 15) is 14.0 Å². The molecule has 1 fully saturated rings. The number of rotatable bonds is 3. The average Bonchev–Trinajstić information content (AvgIpc) is 2.76. The minimum atomic E-state index is -0.312. The quantitative estimate of drug-likeness (QED) is 0.840. The number of benzene rings is 2. The van der Waals surface area contributed by atoms with Gasteiger partial charge in [-0.15, -0.1) is 0 Å². The Hall–Kier alpha value is -3.09. The van der Waals surface area contributed by atoms with Crippen molar-refractivity contribution in [3.8, 4) is 5.75 Å². The summed E-state index contributed by atoms with van der Waals surface area (Å²) in [5.41, 5.74) is 1.52. The highest BCUT2D eigenvalue weighted by atomic mass is 19.1. The summed E-state index contributed by atoms with van der Waals surface area (Å²) in [6.45, 7) is 3.82. The Kier molecular flexibility index (Phi) is 5.88. The van der Waals surface area contributed by atoms with Crippen LogP contribution in [0.2, 0.25) is 0 Å². The number of likely N-dealkylation sites (tertiary alicyclic amines) is 1. The molecule has 3 amide bonds. The summed E-state index contributed by atoms with van der Waals surface area (Å²) in [7, 11) is 0. The molecule has 2 heterocycles. The second-order valence-electron chi connectivity index (χ2n) is 7.90. The molecule has 6 nitrogen and oxygen atoms in total. The molecule has 1 atom stereocenters. The Bertz CT molecular complexity index is 927. The summed E-state index contributed by atoms with van der Waals surface area (Å²) < 4.78 is 19.1. The van der Waals surface area contributed by atoms with Crippen molar-refractivity contribution >= 4 is 17.6 Å². The van der Waals surface area contributed by atoms with Crippen LogP contribution in [-0.4, -0.2) is 42.6 Å². The Morgan fingerprint density at radius 2 is 1.90 bits per heavy atom. The number of piperidine rings is 1. The second kappa shape index (κ2) is 8.73. The van der Waals surface area contributed by atoms with Crippen LogP contribution >= 0.6 is 0 Å². The number of ether oxygens (including phenoxy) is 1. The summed E-state index contributed by atoms with van der Waals surface area (Å²) in [5.74, 6) is 0.221. The van der Waals surface area contributed by atoms with Crippen molar-refractivity contribution in [2.75, 3.05) is 24.5 Å². The molecule has 0 saturated carbocycles. The lowest BCUT2D eigenvalue weighted by molar-refractivity contribution is -0.126. The molecule has 1 N–H and O–H groups in total. The van der Waals surface area contributed by atoms with Gasteiger partial charge in [-0.2, -0.15) is 0 Å². The summed E-state index contributed by atoms with van der Waals surface area (Å²) >= 11 is 0. The fourth-order valence-corrected chi connectivity index (χ4v) is 4.05. The third-order valence-electron chi connectivity index (χ3n) is 5.65. The molecular formula is C23H26FN3O3. The van der Waals surface area contributed by atoms with E-state index in [1.165, 1.54) is 12.1 Å². The molecule has 0 spiro atoms. The minimum absolute atomic E-state index is 0.0447. The highest BCUT2D eigenvalue weighted by Gasteiger charge is 2.33. The number of hydrogen-bond donors (Lipinski definition) is 1. The van der Waals surface area contributed by atoms with Gasteiger partial charge in [-0.25, -0.2) is 9.18 Å². The predicted octanol–water partition coefficient (Wildman–Crippen LogP) is 3.56. The van der Waals surface area contributed by atoms with Gasteiger partial charge in [0.2, 0.25) is 5.91 Å². The van der Waals surface area contributed by atoms with E-state index in [-0.39, 0.29) is 29.8 Å². The molecular weight excluding hydrogens is 385 g/mol. The monoisotopic (exact) mass is 411 g/mol. The number of para-hydroxylation sites is 2. The number of carbonyl (C=O) groups is 2. The number of fused-ring (bicyclic) bond motifs is 1. The van der Waals surface area contributed by atoms with Gasteiger partial charge in [0, 0.05) is 25.6 Å². The zero-order valence-electron chi connectivity index (χ0n) is 17.0. The largest absolute Gasteiger partial charge is 0.487 e. The van der Waals surface area contributed by atoms with Crippen LogP contribution in [0, 0.1) is 11.7 Å². The first-order valence-corrected chi connectivity index (χ1v) is 10.4. The van der Waals surface area contributed by atoms with Gasteiger partial charge in [0.25, 0.3) is 0 Å². The Labute approximate surface area is 175 Å². The number of urea groups is 1. The van der Waals surface area contributed by atoms with Crippen LogP contribution < -0.4 is 15.0 Å². The van der Waals surface area contributed by atoms with Gasteiger partial charge >= 0.3 is 6.03 Å². The standard InChI is InChI=1S/C23H26FN3O3/c1-16-15-27(20-7-2-3-8-21(20)30-16)23(29)26-11-9-18(10-12-26)22(28)25-14-17-5-4-6-19(24)13-17/h2-8,13,16,18H,9-12,14-15H2,1H3,(H,25,28)/t16-/m1/s1. The van der Waals surface area contributed by atoms with E-state index in [0.717, 1.165) is 17.0 Å². The molecule has 30 heavy (non-hydrogen) atoms. The maximum absolute atomic E-state index is 13.3. The molecule has 158 valence electrons. The highest BCUT2D eigenvalue weighted by molar-refractivity contribution is 5.94. The van der Waals surface area contributed by atoms with Crippen LogP contribution in [0.1, 0.15) is 25.3 Å². The Balaban J connectivity index is 1.32. The van der Waals surface area contributed by atoms with Gasteiger partial charge in [0.05, 0.1) is 12.2 Å². The van der Waals surface area contributed by atoms with Gasteiger partial charge in [0.15, 0.2) is 0 Å². The first-order chi connectivity index (χ1) is 14.5. The van der Waals surface area contributed by atoms with E-state index >= 15 is 0 Å². The molecule has 2 aliphatic rings. The first kappa shape index (κ1) is 20.2. The average molecular weight is 411 g/mol. The van der Waals surface area contributed by atoms with Crippen LogP contribution in [0.25, 0.3) is 0 Å². The van der Waals surface area contributed by atoms with Crippen LogP contribution in [0.15, 0.2) is 48.5 Å². The highest BCUT2D eigenvalue weighted by Crippen LogP contribution is 2.34. The maximum atomic E-state index is 13.3. The van der Waals surface area contributed by atoms with Gasteiger partial charge in [0.1, 0.15) is 17.7 Å². The van der Waals surface area contributed by atoms with Crippen molar-refractivity contribution in [2.24, 2.45) is 5.92 Å². The lowest BCUT2D eigenvalue weighted by Crippen LogP contribution is -2.52. The smallest absolute Gasteiger partial charge is 0.324 e. The third-order valence-corrected chi connectivity index (χ3v) is 5.65. The minimum Gasteiger partial charge on any atom is -0.487 e. The molecule has 4 rings (SSSR count). The lowest BCUT2D eigenvalue weighted by Gasteiger charge is -2.39. The molecule has 0 bridgehead atoms. The predicted molar refractivity (Wildman–Crippen MR) is 112 cm³/mol. The van der Waals surface area contributed by atoms with Crippen LogP contribution in [0.5, 0.6) is 5.75 Å². The van der Waals surface area contributed by atoms with E-state index in [1.54, 1.807) is 17.0 Å². The third kappa shape index (κ3) is 4.40. The van der Waals surface area contributed by atoms with Crippen LogP contribution in [-0.2, 0) is 11.3 Å². The Morgan fingerprint density at radius 1 is 1.13 bits per heavy atom. The van der Waals surface area contributed by atoms with Crippen molar-refractivity contribution < 1.29 is 18.7 Å². The number of halogens is 1. The van der Waals surface area contributed by atoms with E-state index < -0.39 is 0 Å². The number of carbonyl (C=O) groups excluding carboxylic acids is 2. The van der Waals surface area contributed by atoms with Gasteiger partial charge in [-0.3, -0.25) is 9.69 Å². The van der Waals surface area contributed by atoms with E-state index in [4.69, 9.17) is 4.74 Å². The van der Waals surface area contributed by atoms with Crippen molar-refractivity contribution in [2.45, 2.75) is 32.4 Å².